The Labute approximate surface area is 142 Å². The Morgan fingerprint density at radius 1 is 1.30 bits per heavy atom. The summed E-state index contributed by atoms with van der Waals surface area (Å²) >= 11 is 7.67. The molecule has 118 valence electrons. The lowest BCUT2D eigenvalue weighted by Crippen LogP contribution is -2.29. The van der Waals surface area contributed by atoms with Gasteiger partial charge in [-0.15, -0.1) is 11.3 Å². The van der Waals surface area contributed by atoms with Crippen molar-refractivity contribution in [1.82, 2.24) is 15.3 Å². The highest BCUT2D eigenvalue weighted by Gasteiger charge is 2.08. The largest absolute Gasteiger partial charge is 0.360 e. The first kappa shape index (κ1) is 15.7. The number of anilines is 1. The molecule has 0 saturated heterocycles. The van der Waals surface area contributed by atoms with E-state index in [0.717, 1.165) is 20.7 Å². The number of nitrogens with zero attached hydrogens (tertiary/aromatic N) is 2. The van der Waals surface area contributed by atoms with E-state index in [0.29, 0.717) is 17.4 Å². The van der Waals surface area contributed by atoms with Crippen molar-refractivity contribution in [2.45, 2.75) is 13.5 Å². The first-order chi connectivity index (χ1) is 11.1. The maximum Gasteiger partial charge on any atom is 0.239 e. The third-order valence-corrected chi connectivity index (χ3v) is 4.63. The van der Waals surface area contributed by atoms with Crippen molar-refractivity contribution in [3.05, 3.63) is 52.1 Å². The van der Waals surface area contributed by atoms with Crippen LogP contribution < -0.4 is 10.6 Å². The number of hydrogen-bond donors (Lipinski definition) is 2. The van der Waals surface area contributed by atoms with Crippen LogP contribution in [0.2, 0.25) is 5.02 Å². The Morgan fingerprint density at radius 3 is 2.96 bits per heavy atom. The van der Waals surface area contributed by atoms with E-state index >= 15 is 0 Å². The van der Waals surface area contributed by atoms with Crippen LogP contribution in [0.4, 0.5) is 5.82 Å². The van der Waals surface area contributed by atoms with Gasteiger partial charge in [0.15, 0.2) is 0 Å². The van der Waals surface area contributed by atoms with Crippen molar-refractivity contribution in [2.75, 3.05) is 11.9 Å². The monoisotopic (exact) mass is 346 g/mol. The number of carbonyl (C=O) groups is 1. The molecule has 1 amide bonds. The summed E-state index contributed by atoms with van der Waals surface area (Å²) in [6.07, 6.45) is 1.50. The zero-order chi connectivity index (χ0) is 16.2. The average molecular weight is 347 g/mol. The maximum atomic E-state index is 12.0. The second-order valence-corrected chi connectivity index (χ2v) is 6.66. The Bertz CT molecular complexity index is 849. The molecule has 23 heavy (non-hydrogen) atoms. The average Bonchev–Trinajstić information content (AvgIpc) is 2.93. The summed E-state index contributed by atoms with van der Waals surface area (Å²) in [5.74, 6) is 0.552. The van der Waals surface area contributed by atoms with Gasteiger partial charge in [0.1, 0.15) is 17.0 Å². The molecule has 0 aliphatic rings. The minimum atomic E-state index is -0.122. The highest BCUT2D eigenvalue weighted by molar-refractivity contribution is 7.18. The number of amides is 1. The van der Waals surface area contributed by atoms with Gasteiger partial charge in [0, 0.05) is 16.4 Å². The maximum absolute atomic E-state index is 12.0. The number of nitrogens with one attached hydrogen (secondary N) is 2. The molecule has 3 rings (SSSR count). The van der Waals surface area contributed by atoms with Crippen molar-refractivity contribution in [1.29, 1.82) is 0 Å². The predicted octanol–water partition coefficient (Wildman–Crippen LogP) is 3.38. The van der Waals surface area contributed by atoms with E-state index in [9.17, 15) is 4.79 Å². The number of benzene rings is 1. The number of aromatic nitrogens is 2. The predicted molar refractivity (Wildman–Crippen MR) is 93.9 cm³/mol. The molecule has 1 aromatic carbocycles. The molecule has 2 heterocycles. The topological polar surface area (TPSA) is 66.9 Å². The van der Waals surface area contributed by atoms with Gasteiger partial charge in [-0.05, 0) is 24.6 Å². The molecule has 7 heteroatoms. The molecule has 2 N–H and O–H groups in total. The van der Waals surface area contributed by atoms with E-state index in [-0.39, 0.29) is 12.5 Å². The van der Waals surface area contributed by atoms with Gasteiger partial charge in [0.2, 0.25) is 5.91 Å². The van der Waals surface area contributed by atoms with Gasteiger partial charge in [-0.25, -0.2) is 9.97 Å². The van der Waals surface area contributed by atoms with Gasteiger partial charge in [0.25, 0.3) is 0 Å². The summed E-state index contributed by atoms with van der Waals surface area (Å²) in [6.45, 7) is 2.56. The second-order valence-electron chi connectivity index (χ2n) is 5.02. The summed E-state index contributed by atoms with van der Waals surface area (Å²) in [7, 11) is 0. The van der Waals surface area contributed by atoms with Crippen LogP contribution in [-0.2, 0) is 11.3 Å². The van der Waals surface area contributed by atoms with Crippen molar-refractivity contribution in [2.24, 2.45) is 0 Å². The van der Waals surface area contributed by atoms with Gasteiger partial charge in [0.05, 0.1) is 11.9 Å². The van der Waals surface area contributed by atoms with Gasteiger partial charge in [-0.3, -0.25) is 4.79 Å². The van der Waals surface area contributed by atoms with Crippen LogP contribution in [0.3, 0.4) is 0 Å². The molecule has 2 aromatic heterocycles. The van der Waals surface area contributed by atoms with E-state index in [2.05, 4.69) is 20.6 Å². The lowest BCUT2D eigenvalue weighted by molar-refractivity contribution is -0.119. The van der Waals surface area contributed by atoms with Gasteiger partial charge < -0.3 is 10.6 Å². The fourth-order valence-corrected chi connectivity index (χ4v) is 3.23. The van der Waals surface area contributed by atoms with Crippen molar-refractivity contribution < 1.29 is 4.79 Å². The minimum absolute atomic E-state index is 0.122. The number of rotatable bonds is 5. The summed E-state index contributed by atoms with van der Waals surface area (Å²) in [5, 5.41) is 7.48. The number of carbonyl (C=O) groups excluding carboxylic acids is 1. The number of fused-ring (bicyclic) bond motifs is 1. The zero-order valence-corrected chi connectivity index (χ0v) is 14.0. The van der Waals surface area contributed by atoms with Crippen LogP contribution >= 0.6 is 22.9 Å². The summed E-state index contributed by atoms with van der Waals surface area (Å²) in [6, 6.07) is 9.46. The summed E-state index contributed by atoms with van der Waals surface area (Å²) in [5.41, 5.74) is 0.889. The first-order valence-electron chi connectivity index (χ1n) is 7.08. The molecule has 0 spiro atoms. The van der Waals surface area contributed by atoms with Crippen molar-refractivity contribution >= 4 is 44.9 Å². The number of hydrogen-bond acceptors (Lipinski definition) is 5. The smallest absolute Gasteiger partial charge is 0.239 e. The van der Waals surface area contributed by atoms with Crippen molar-refractivity contribution in [3.63, 3.8) is 0 Å². The van der Waals surface area contributed by atoms with Crippen LogP contribution in [0, 0.1) is 6.92 Å². The Kier molecular flexibility index (Phi) is 4.73. The van der Waals surface area contributed by atoms with Crippen molar-refractivity contribution in [3.8, 4) is 0 Å². The van der Waals surface area contributed by atoms with Gasteiger partial charge >= 0.3 is 0 Å². The molecule has 0 fully saturated rings. The van der Waals surface area contributed by atoms with Gasteiger partial charge in [-0.1, -0.05) is 29.8 Å². The SMILES string of the molecule is Cc1cc2c(NCC(=O)NCc3ccccc3Cl)ncnc2s1. The molecular weight excluding hydrogens is 332 g/mol. The number of halogens is 1. The standard InChI is InChI=1S/C16H15ClN4OS/c1-10-6-12-15(20-9-21-16(12)23-10)19-8-14(22)18-7-11-4-2-3-5-13(11)17/h2-6,9H,7-8H2,1H3,(H,18,22)(H,19,20,21). The second kappa shape index (κ2) is 6.93. The molecule has 0 aliphatic heterocycles. The van der Waals surface area contributed by atoms with Crippen LogP contribution in [0.5, 0.6) is 0 Å². The normalized spacial score (nSPS) is 10.7. The summed E-state index contributed by atoms with van der Waals surface area (Å²) < 4.78 is 0. The van der Waals surface area contributed by atoms with Crippen LogP contribution in [0.15, 0.2) is 36.7 Å². The minimum Gasteiger partial charge on any atom is -0.360 e. The third kappa shape index (κ3) is 3.78. The van der Waals surface area contributed by atoms with E-state index < -0.39 is 0 Å². The lowest BCUT2D eigenvalue weighted by Gasteiger charge is -2.08. The number of aryl methyl sites for hydroxylation is 1. The molecule has 3 aromatic rings. The lowest BCUT2D eigenvalue weighted by atomic mass is 10.2. The first-order valence-corrected chi connectivity index (χ1v) is 8.28. The van der Waals surface area contributed by atoms with Crippen LogP contribution in [0.25, 0.3) is 10.2 Å². The highest BCUT2D eigenvalue weighted by atomic mass is 35.5. The van der Waals surface area contributed by atoms with E-state index in [1.807, 2.05) is 31.2 Å². The summed E-state index contributed by atoms with van der Waals surface area (Å²) in [4.78, 5) is 22.5. The van der Waals surface area contributed by atoms with Crippen LogP contribution in [0.1, 0.15) is 10.4 Å². The third-order valence-electron chi connectivity index (χ3n) is 3.30. The highest BCUT2D eigenvalue weighted by Crippen LogP contribution is 2.27. The zero-order valence-electron chi connectivity index (χ0n) is 12.5. The fourth-order valence-electron chi connectivity index (χ4n) is 2.18. The molecular formula is C16H15ClN4OS. The molecule has 5 nitrogen and oxygen atoms in total. The fraction of sp³-hybridized carbons (Fsp3) is 0.188. The quantitative estimate of drug-likeness (QED) is 0.743. The van der Waals surface area contributed by atoms with Crippen LogP contribution in [-0.4, -0.2) is 22.4 Å². The number of thiophene rings is 1. The van der Waals surface area contributed by atoms with E-state index in [4.69, 9.17) is 11.6 Å². The molecule has 0 unspecified atom stereocenters. The molecule has 0 bridgehead atoms. The molecule has 0 radical (unpaired) electrons. The Morgan fingerprint density at radius 2 is 2.13 bits per heavy atom. The molecule has 0 atom stereocenters. The van der Waals surface area contributed by atoms with Gasteiger partial charge in [-0.2, -0.15) is 0 Å². The molecule has 0 saturated carbocycles. The molecule has 0 aliphatic carbocycles. The Hall–Kier alpha value is -2.18. The van der Waals surface area contributed by atoms with E-state index in [1.54, 1.807) is 17.4 Å². The Balaban J connectivity index is 1.59. The van der Waals surface area contributed by atoms with E-state index in [1.165, 1.54) is 6.33 Å².